The Kier molecular flexibility index (Phi) is 6.23. The molecule has 0 radical (unpaired) electrons. The average molecular weight is 365 g/mol. The molecule has 0 bridgehead atoms. The quantitative estimate of drug-likeness (QED) is 0.833. The summed E-state index contributed by atoms with van der Waals surface area (Å²) in [6, 6.07) is 11.6. The van der Waals surface area contributed by atoms with Crippen molar-refractivity contribution in [2.45, 2.75) is 13.8 Å². The summed E-state index contributed by atoms with van der Waals surface area (Å²) in [6.45, 7) is 5.05. The van der Waals surface area contributed by atoms with Crippen molar-refractivity contribution < 1.29 is 9.59 Å². The van der Waals surface area contributed by atoms with Crippen molar-refractivity contribution in [3.8, 4) is 0 Å². The lowest BCUT2D eigenvalue weighted by Crippen LogP contribution is -2.30. The maximum absolute atomic E-state index is 12.4. The zero-order chi connectivity index (χ0) is 17.7. The van der Waals surface area contributed by atoms with Crippen LogP contribution in [-0.2, 0) is 0 Å². The molecule has 2 aromatic carbocycles. The molecule has 0 unspecified atom stereocenters. The highest BCUT2D eigenvalue weighted by Gasteiger charge is 2.16. The van der Waals surface area contributed by atoms with Crippen LogP contribution in [0.4, 0.5) is 5.69 Å². The lowest BCUT2D eigenvalue weighted by molar-refractivity contribution is 0.0773. The third kappa shape index (κ3) is 4.08. The molecular formula is C18H18Cl2N2O2. The third-order valence-electron chi connectivity index (χ3n) is 3.62. The van der Waals surface area contributed by atoms with Gasteiger partial charge >= 0.3 is 0 Å². The summed E-state index contributed by atoms with van der Waals surface area (Å²) in [5, 5.41) is 3.40. The van der Waals surface area contributed by atoms with Gasteiger partial charge in [-0.05, 0) is 44.2 Å². The number of nitrogens with zero attached hydrogens (tertiary/aromatic N) is 1. The number of rotatable bonds is 5. The zero-order valence-electron chi connectivity index (χ0n) is 13.5. The van der Waals surface area contributed by atoms with Crippen LogP contribution in [0.1, 0.15) is 34.6 Å². The number of anilines is 1. The number of carbonyl (C=O) groups excluding carboxylic acids is 2. The van der Waals surface area contributed by atoms with Gasteiger partial charge in [-0.1, -0.05) is 35.3 Å². The van der Waals surface area contributed by atoms with Crippen molar-refractivity contribution in [3.63, 3.8) is 0 Å². The van der Waals surface area contributed by atoms with Crippen LogP contribution in [0, 0.1) is 0 Å². The fraction of sp³-hybridized carbons (Fsp3) is 0.222. The number of hydrogen-bond donors (Lipinski definition) is 1. The minimum Gasteiger partial charge on any atom is -0.339 e. The topological polar surface area (TPSA) is 49.4 Å². The zero-order valence-corrected chi connectivity index (χ0v) is 15.0. The first-order valence-corrected chi connectivity index (χ1v) is 8.38. The van der Waals surface area contributed by atoms with Crippen molar-refractivity contribution in [1.82, 2.24) is 4.90 Å². The molecule has 0 aliphatic heterocycles. The van der Waals surface area contributed by atoms with E-state index in [2.05, 4.69) is 5.32 Å². The molecule has 0 saturated carbocycles. The minimum atomic E-state index is -0.376. The molecule has 0 aliphatic carbocycles. The molecule has 0 aliphatic rings. The smallest absolute Gasteiger partial charge is 0.255 e. The number of hydrogen-bond acceptors (Lipinski definition) is 2. The van der Waals surface area contributed by atoms with Crippen LogP contribution in [0.15, 0.2) is 42.5 Å². The number of para-hydroxylation sites is 1. The van der Waals surface area contributed by atoms with Crippen LogP contribution in [0.3, 0.4) is 0 Å². The summed E-state index contributed by atoms with van der Waals surface area (Å²) in [6.07, 6.45) is 0. The molecule has 126 valence electrons. The highest BCUT2D eigenvalue weighted by molar-refractivity contribution is 6.40. The van der Waals surface area contributed by atoms with Gasteiger partial charge < -0.3 is 10.2 Å². The third-order valence-corrected chi connectivity index (χ3v) is 4.25. The van der Waals surface area contributed by atoms with Crippen molar-refractivity contribution in [1.29, 1.82) is 0 Å². The Hall–Kier alpha value is -2.04. The predicted molar refractivity (Wildman–Crippen MR) is 98.1 cm³/mol. The molecule has 0 atom stereocenters. The van der Waals surface area contributed by atoms with Crippen molar-refractivity contribution in [2.24, 2.45) is 0 Å². The molecule has 6 heteroatoms. The molecule has 2 rings (SSSR count). The highest BCUT2D eigenvalue weighted by Crippen LogP contribution is 2.30. The largest absolute Gasteiger partial charge is 0.339 e. The Morgan fingerprint density at radius 2 is 1.50 bits per heavy atom. The molecule has 0 fully saturated rings. The Morgan fingerprint density at radius 3 is 2.08 bits per heavy atom. The molecule has 4 nitrogen and oxygen atoms in total. The van der Waals surface area contributed by atoms with E-state index < -0.39 is 0 Å². The Morgan fingerprint density at radius 1 is 0.958 bits per heavy atom. The van der Waals surface area contributed by atoms with Gasteiger partial charge in [0.05, 0.1) is 15.7 Å². The van der Waals surface area contributed by atoms with Crippen LogP contribution < -0.4 is 5.32 Å². The fourth-order valence-electron chi connectivity index (χ4n) is 2.29. The lowest BCUT2D eigenvalue weighted by Gasteiger charge is -2.19. The van der Waals surface area contributed by atoms with Crippen LogP contribution in [0.25, 0.3) is 0 Å². The van der Waals surface area contributed by atoms with Crippen molar-refractivity contribution in [3.05, 3.63) is 63.6 Å². The molecule has 0 saturated heterocycles. The van der Waals surface area contributed by atoms with E-state index in [0.29, 0.717) is 39.9 Å². The first-order chi connectivity index (χ1) is 11.5. The second kappa shape index (κ2) is 8.18. The maximum Gasteiger partial charge on any atom is 0.255 e. The Bertz CT molecular complexity index is 738. The standard InChI is InChI=1S/C18H18Cl2N2O2/c1-3-22(4-2)18(24)13-8-5-7-12(11-13)17(23)21-16-14(19)9-6-10-15(16)20/h5-11H,3-4H2,1-2H3,(H,21,23). The van der Waals surface area contributed by atoms with Gasteiger partial charge in [0, 0.05) is 24.2 Å². The molecular weight excluding hydrogens is 347 g/mol. The van der Waals surface area contributed by atoms with E-state index in [4.69, 9.17) is 23.2 Å². The second-order valence-electron chi connectivity index (χ2n) is 5.11. The van der Waals surface area contributed by atoms with Gasteiger partial charge in [0.15, 0.2) is 0 Å². The Labute approximate surface area is 151 Å². The fourth-order valence-corrected chi connectivity index (χ4v) is 2.78. The average Bonchev–Trinajstić information content (AvgIpc) is 2.59. The summed E-state index contributed by atoms with van der Waals surface area (Å²) >= 11 is 12.1. The van der Waals surface area contributed by atoms with Crippen molar-refractivity contribution in [2.75, 3.05) is 18.4 Å². The summed E-state index contributed by atoms with van der Waals surface area (Å²) in [4.78, 5) is 26.5. The molecule has 0 spiro atoms. The number of amides is 2. The summed E-state index contributed by atoms with van der Waals surface area (Å²) in [7, 11) is 0. The Balaban J connectivity index is 2.25. The van der Waals surface area contributed by atoms with Crippen LogP contribution in [0.2, 0.25) is 10.0 Å². The van der Waals surface area contributed by atoms with E-state index in [1.807, 2.05) is 13.8 Å². The first-order valence-electron chi connectivity index (χ1n) is 7.62. The summed E-state index contributed by atoms with van der Waals surface area (Å²) < 4.78 is 0. The van der Waals surface area contributed by atoms with Crippen molar-refractivity contribution >= 4 is 40.7 Å². The predicted octanol–water partition coefficient (Wildman–Crippen LogP) is 4.73. The van der Waals surface area contributed by atoms with Gasteiger partial charge in [0.25, 0.3) is 11.8 Å². The van der Waals surface area contributed by atoms with E-state index in [-0.39, 0.29) is 11.8 Å². The number of carbonyl (C=O) groups is 2. The maximum atomic E-state index is 12.4. The molecule has 24 heavy (non-hydrogen) atoms. The lowest BCUT2D eigenvalue weighted by atomic mass is 10.1. The first kappa shape index (κ1) is 18.3. The van der Waals surface area contributed by atoms with Crippen LogP contribution in [-0.4, -0.2) is 29.8 Å². The van der Waals surface area contributed by atoms with Gasteiger partial charge in [-0.15, -0.1) is 0 Å². The van der Waals surface area contributed by atoms with Gasteiger partial charge in [-0.3, -0.25) is 9.59 Å². The van der Waals surface area contributed by atoms with E-state index in [9.17, 15) is 9.59 Å². The number of nitrogens with one attached hydrogen (secondary N) is 1. The monoisotopic (exact) mass is 364 g/mol. The molecule has 0 aromatic heterocycles. The van der Waals surface area contributed by atoms with E-state index in [1.165, 1.54) is 0 Å². The van der Waals surface area contributed by atoms with Gasteiger partial charge in [0.1, 0.15) is 0 Å². The summed E-state index contributed by atoms with van der Waals surface area (Å²) in [5.74, 6) is -0.482. The summed E-state index contributed by atoms with van der Waals surface area (Å²) in [5.41, 5.74) is 1.19. The number of benzene rings is 2. The SMILES string of the molecule is CCN(CC)C(=O)c1cccc(C(=O)Nc2c(Cl)cccc2Cl)c1. The molecule has 0 heterocycles. The van der Waals surface area contributed by atoms with Gasteiger partial charge in [-0.25, -0.2) is 0 Å². The van der Waals surface area contributed by atoms with E-state index in [1.54, 1.807) is 47.4 Å². The second-order valence-corrected chi connectivity index (χ2v) is 5.92. The molecule has 1 N–H and O–H groups in total. The van der Waals surface area contributed by atoms with E-state index >= 15 is 0 Å². The molecule has 2 amide bonds. The number of halogens is 2. The van der Waals surface area contributed by atoms with Gasteiger partial charge in [0.2, 0.25) is 0 Å². The highest BCUT2D eigenvalue weighted by atomic mass is 35.5. The van der Waals surface area contributed by atoms with Crippen LogP contribution >= 0.6 is 23.2 Å². The normalized spacial score (nSPS) is 10.3. The molecule has 2 aromatic rings. The van der Waals surface area contributed by atoms with Crippen LogP contribution in [0.5, 0.6) is 0 Å². The van der Waals surface area contributed by atoms with Gasteiger partial charge in [-0.2, -0.15) is 0 Å². The van der Waals surface area contributed by atoms with E-state index in [0.717, 1.165) is 0 Å². The minimum absolute atomic E-state index is 0.106.